The third-order valence-corrected chi connectivity index (χ3v) is 4.69. The van der Waals surface area contributed by atoms with Gasteiger partial charge in [0, 0.05) is 13.7 Å². The molecule has 0 aromatic carbocycles. The van der Waals surface area contributed by atoms with E-state index in [0.717, 1.165) is 30.8 Å². The van der Waals surface area contributed by atoms with Crippen molar-refractivity contribution in [3.63, 3.8) is 0 Å². The largest absolute Gasteiger partial charge is 0.382 e. The van der Waals surface area contributed by atoms with E-state index in [4.69, 9.17) is 9.47 Å². The average Bonchev–Trinajstić information content (AvgIpc) is 2.35. The molecule has 2 nitrogen and oxygen atoms in total. The summed E-state index contributed by atoms with van der Waals surface area (Å²) in [6, 6.07) is 0. The molecule has 1 aliphatic rings. The van der Waals surface area contributed by atoms with Crippen LogP contribution < -0.4 is 0 Å². The third kappa shape index (κ3) is 5.83. The Morgan fingerprint density at radius 3 is 2.37 bits per heavy atom. The molecule has 0 heterocycles. The first kappa shape index (κ1) is 17.0. The van der Waals surface area contributed by atoms with Crippen LogP contribution in [-0.2, 0) is 9.47 Å². The first-order valence-corrected chi connectivity index (χ1v) is 8.08. The van der Waals surface area contributed by atoms with Gasteiger partial charge in [0.1, 0.15) is 0 Å². The van der Waals surface area contributed by atoms with Crippen LogP contribution in [-0.4, -0.2) is 25.9 Å². The van der Waals surface area contributed by atoms with Crippen molar-refractivity contribution in [2.75, 3.05) is 13.7 Å². The molecule has 0 aromatic heterocycles. The molecule has 19 heavy (non-hydrogen) atoms. The second-order valence-corrected chi connectivity index (χ2v) is 7.09. The second-order valence-electron chi connectivity index (χ2n) is 7.09. The molecule has 114 valence electrons. The summed E-state index contributed by atoms with van der Waals surface area (Å²) in [6.45, 7) is 12.3. The molecule has 0 N–H and O–H groups in total. The van der Waals surface area contributed by atoms with Crippen molar-refractivity contribution < 1.29 is 9.47 Å². The lowest BCUT2D eigenvalue weighted by molar-refractivity contribution is -0.0546. The normalized spacial score (nSPS) is 31.4. The van der Waals surface area contributed by atoms with E-state index in [1.165, 1.54) is 19.3 Å². The number of methoxy groups -OCH3 is 1. The van der Waals surface area contributed by atoms with Gasteiger partial charge in [-0.1, -0.05) is 34.1 Å². The topological polar surface area (TPSA) is 18.5 Å². The Kier molecular flexibility index (Phi) is 7.38. The highest BCUT2D eigenvalue weighted by atomic mass is 16.5. The lowest BCUT2D eigenvalue weighted by atomic mass is 9.75. The molecule has 0 saturated heterocycles. The van der Waals surface area contributed by atoms with Crippen LogP contribution in [0.2, 0.25) is 0 Å². The van der Waals surface area contributed by atoms with Crippen molar-refractivity contribution in [1.29, 1.82) is 0 Å². The fourth-order valence-electron chi connectivity index (χ4n) is 3.33. The maximum Gasteiger partial charge on any atom is 0.0608 e. The fraction of sp³-hybridized carbons (Fsp3) is 1.00. The van der Waals surface area contributed by atoms with Gasteiger partial charge in [-0.2, -0.15) is 0 Å². The summed E-state index contributed by atoms with van der Waals surface area (Å²) >= 11 is 0. The SMILES string of the molecule is COC(C)CC(C)COC1CC(C)CCC1C(C)C. The monoisotopic (exact) mass is 270 g/mol. The average molecular weight is 270 g/mol. The minimum absolute atomic E-state index is 0.338. The van der Waals surface area contributed by atoms with E-state index in [2.05, 4.69) is 34.6 Å². The molecule has 1 aliphatic carbocycles. The van der Waals surface area contributed by atoms with Gasteiger partial charge in [-0.05, 0) is 49.9 Å². The smallest absolute Gasteiger partial charge is 0.0608 e. The Bertz CT molecular complexity index is 239. The molecule has 0 spiro atoms. The van der Waals surface area contributed by atoms with E-state index in [1.54, 1.807) is 7.11 Å². The molecular weight excluding hydrogens is 236 g/mol. The Hall–Kier alpha value is -0.0800. The summed E-state index contributed by atoms with van der Waals surface area (Å²) in [7, 11) is 1.79. The van der Waals surface area contributed by atoms with E-state index in [1.807, 2.05) is 0 Å². The molecule has 0 amide bonds. The molecule has 0 bridgehead atoms. The van der Waals surface area contributed by atoms with Gasteiger partial charge in [-0.15, -0.1) is 0 Å². The van der Waals surface area contributed by atoms with E-state index >= 15 is 0 Å². The highest BCUT2D eigenvalue weighted by molar-refractivity contribution is 4.81. The van der Waals surface area contributed by atoms with Gasteiger partial charge in [0.2, 0.25) is 0 Å². The van der Waals surface area contributed by atoms with Crippen LogP contribution in [0.15, 0.2) is 0 Å². The number of rotatable bonds is 7. The fourth-order valence-corrected chi connectivity index (χ4v) is 3.33. The third-order valence-electron chi connectivity index (χ3n) is 4.69. The Morgan fingerprint density at radius 2 is 1.79 bits per heavy atom. The van der Waals surface area contributed by atoms with E-state index in [9.17, 15) is 0 Å². The first-order chi connectivity index (χ1) is 8.93. The molecule has 0 aliphatic heterocycles. The molecule has 5 atom stereocenters. The zero-order chi connectivity index (χ0) is 14.4. The van der Waals surface area contributed by atoms with Gasteiger partial charge in [-0.25, -0.2) is 0 Å². The van der Waals surface area contributed by atoms with E-state index in [-0.39, 0.29) is 0 Å². The summed E-state index contributed by atoms with van der Waals surface area (Å²) in [5, 5.41) is 0. The van der Waals surface area contributed by atoms with Crippen LogP contribution >= 0.6 is 0 Å². The lowest BCUT2D eigenvalue weighted by Crippen LogP contribution is -2.35. The van der Waals surface area contributed by atoms with Crippen molar-refractivity contribution in [3.05, 3.63) is 0 Å². The van der Waals surface area contributed by atoms with Crippen LogP contribution in [0.3, 0.4) is 0 Å². The predicted molar refractivity (Wildman–Crippen MR) is 81.3 cm³/mol. The van der Waals surface area contributed by atoms with Crippen molar-refractivity contribution in [2.45, 2.75) is 72.5 Å². The zero-order valence-corrected chi connectivity index (χ0v) is 13.8. The summed E-state index contributed by atoms with van der Waals surface area (Å²) < 4.78 is 11.6. The molecule has 1 saturated carbocycles. The van der Waals surface area contributed by atoms with Gasteiger partial charge in [0.15, 0.2) is 0 Å². The maximum atomic E-state index is 6.28. The molecule has 5 unspecified atom stereocenters. The molecule has 1 fully saturated rings. The highest BCUT2D eigenvalue weighted by Gasteiger charge is 2.31. The van der Waals surface area contributed by atoms with Gasteiger partial charge in [0.25, 0.3) is 0 Å². The summed E-state index contributed by atoms with van der Waals surface area (Å²) in [6.07, 6.45) is 5.86. The first-order valence-electron chi connectivity index (χ1n) is 8.08. The molecule has 0 radical (unpaired) electrons. The predicted octanol–water partition coefficient (Wildman–Crippen LogP) is 4.52. The summed E-state index contributed by atoms with van der Waals surface area (Å²) in [5.74, 6) is 2.90. The van der Waals surface area contributed by atoms with Crippen LogP contribution in [0.4, 0.5) is 0 Å². The second kappa shape index (κ2) is 8.26. The van der Waals surface area contributed by atoms with Crippen molar-refractivity contribution in [2.24, 2.45) is 23.7 Å². The maximum absolute atomic E-state index is 6.28. The van der Waals surface area contributed by atoms with Crippen LogP contribution in [0.5, 0.6) is 0 Å². The van der Waals surface area contributed by atoms with Crippen molar-refractivity contribution in [1.82, 2.24) is 0 Å². The minimum Gasteiger partial charge on any atom is -0.382 e. The number of hydrogen-bond donors (Lipinski definition) is 0. The molecule has 2 heteroatoms. The summed E-state index contributed by atoms with van der Waals surface area (Å²) in [5.41, 5.74) is 0. The Labute approximate surface area is 120 Å². The van der Waals surface area contributed by atoms with Gasteiger partial charge >= 0.3 is 0 Å². The van der Waals surface area contributed by atoms with Crippen LogP contribution in [0.25, 0.3) is 0 Å². The van der Waals surface area contributed by atoms with Crippen LogP contribution in [0.1, 0.15) is 60.3 Å². The van der Waals surface area contributed by atoms with Gasteiger partial charge in [-0.3, -0.25) is 0 Å². The van der Waals surface area contributed by atoms with Crippen molar-refractivity contribution >= 4 is 0 Å². The minimum atomic E-state index is 0.338. The Morgan fingerprint density at radius 1 is 1.11 bits per heavy atom. The van der Waals surface area contributed by atoms with Gasteiger partial charge in [0.05, 0.1) is 12.2 Å². The Balaban J connectivity index is 2.39. The van der Waals surface area contributed by atoms with Crippen LogP contribution in [0, 0.1) is 23.7 Å². The quantitative estimate of drug-likeness (QED) is 0.677. The highest BCUT2D eigenvalue weighted by Crippen LogP contribution is 2.35. The molecular formula is C17H34O2. The summed E-state index contributed by atoms with van der Waals surface area (Å²) in [4.78, 5) is 0. The lowest BCUT2D eigenvalue weighted by Gasteiger charge is -2.37. The van der Waals surface area contributed by atoms with Crippen molar-refractivity contribution in [3.8, 4) is 0 Å². The van der Waals surface area contributed by atoms with Gasteiger partial charge < -0.3 is 9.47 Å². The number of hydrogen-bond acceptors (Lipinski definition) is 2. The van der Waals surface area contributed by atoms with E-state index < -0.39 is 0 Å². The molecule has 0 aromatic rings. The standard InChI is InChI=1S/C17H34O2/c1-12(2)16-8-7-13(3)10-17(16)19-11-14(4)9-15(5)18-6/h12-17H,7-11H2,1-6H3. The molecule has 1 rings (SSSR count). The van der Waals surface area contributed by atoms with E-state index in [0.29, 0.717) is 18.1 Å². The zero-order valence-electron chi connectivity index (χ0n) is 13.8. The number of ether oxygens (including phenoxy) is 2.